The minimum absolute atomic E-state index is 0.00592. The van der Waals surface area contributed by atoms with Gasteiger partial charge in [0.2, 0.25) is 0 Å². The van der Waals surface area contributed by atoms with Crippen LogP contribution in [0, 0.1) is 0 Å². The van der Waals surface area contributed by atoms with Gasteiger partial charge in [-0.05, 0) is 45.0 Å². The zero-order valence-electron chi connectivity index (χ0n) is 12.6. The molecule has 0 aliphatic heterocycles. The summed E-state index contributed by atoms with van der Waals surface area (Å²) in [6, 6.07) is 5.71. The van der Waals surface area contributed by atoms with Crippen molar-refractivity contribution < 1.29 is 22.0 Å². The number of nitrogens with one attached hydrogen (secondary N) is 1. The summed E-state index contributed by atoms with van der Waals surface area (Å²) in [6.07, 6.45) is 0. The van der Waals surface area contributed by atoms with Gasteiger partial charge in [-0.2, -0.15) is 8.78 Å². The van der Waals surface area contributed by atoms with Crippen molar-refractivity contribution in [3.8, 4) is 0 Å². The molecule has 124 valence electrons. The molecule has 0 unspecified atom stereocenters. The molecule has 0 aliphatic carbocycles. The van der Waals surface area contributed by atoms with Crippen LogP contribution in [0.5, 0.6) is 0 Å². The summed E-state index contributed by atoms with van der Waals surface area (Å²) in [5.74, 6) is -3.10. The molecule has 0 fully saturated rings. The number of benzene rings is 1. The van der Waals surface area contributed by atoms with Gasteiger partial charge in [-0.3, -0.25) is 4.79 Å². The Balaban J connectivity index is 2.56. The quantitative estimate of drug-likeness (QED) is 0.801. The summed E-state index contributed by atoms with van der Waals surface area (Å²) in [4.78, 5) is 12.2. The van der Waals surface area contributed by atoms with Crippen molar-refractivity contribution in [2.75, 3.05) is 12.3 Å². The number of sulfone groups is 1. The molecule has 4 nitrogen and oxygen atoms in total. The smallest absolute Gasteiger partial charge is 0.288 e. The first-order valence-corrected chi connectivity index (χ1v) is 9.11. The van der Waals surface area contributed by atoms with Crippen molar-refractivity contribution in [1.82, 2.24) is 5.32 Å². The SMILES string of the molecule is CC(C)(C)S(=O)(=O)CCNC(=O)c1ccc(SC(F)F)cc1. The molecule has 0 saturated heterocycles. The fourth-order valence-corrected chi connectivity index (χ4v) is 2.98. The normalized spacial score (nSPS) is 12.5. The second-order valence-corrected chi connectivity index (χ2v) is 9.52. The largest absolute Gasteiger partial charge is 0.351 e. The van der Waals surface area contributed by atoms with Crippen LogP contribution in [-0.4, -0.2) is 37.1 Å². The van der Waals surface area contributed by atoms with Crippen LogP contribution in [0.3, 0.4) is 0 Å². The molecule has 0 heterocycles. The van der Waals surface area contributed by atoms with E-state index in [1.807, 2.05) is 0 Å². The predicted octanol–water partition coefficient (Wildman–Crippen LogP) is 2.94. The molecule has 0 bridgehead atoms. The molecular formula is C14H19F2NO3S2. The van der Waals surface area contributed by atoms with Gasteiger partial charge in [-0.15, -0.1) is 0 Å². The van der Waals surface area contributed by atoms with Gasteiger partial charge < -0.3 is 5.32 Å². The van der Waals surface area contributed by atoms with Crippen molar-refractivity contribution in [2.24, 2.45) is 0 Å². The lowest BCUT2D eigenvalue weighted by atomic mass is 10.2. The van der Waals surface area contributed by atoms with E-state index in [9.17, 15) is 22.0 Å². The molecule has 1 N–H and O–H groups in total. The highest BCUT2D eigenvalue weighted by atomic mass is 32.2. The van der Waals surface area contributed by atoms with E-state index in [-0.39, 0.29) is 12.3 Å². The van der Waals surface area contributed by atoms with Crippen LogP contribution < -0.4 is 5.32 Å². The highest BCUT2D eigenvalue weighted by Gasteiger charge is 2.28. The summed E-state index contributed by atoms with van der Waals surface area (Å²) in [7, 11) is -3.30. The predicted molar refractivity (Wildman–Crippen MR) is 84.2 cm³/mol. The highest BCUT2D eigenvalue weighted by Crippen LogP contribution is 2.25. The van der Waals surface area contributed by atoms with Gasteiger partial charge in [0.05, 0.1) is 10.5 Å². The van der Waals surface area contributed by atoms with Crippen LogP contribution in [0.15, 0.2) is 29.2 Å². The first kappa shape index (κ1) is 18.9. The van der Waals surface area contributed by atoms with E-state index in [1.54, 1.807) is 20.8 Å². The van der Waals surface area contributed by atoms with Gasteiger partial charge in [-0.1, -0.05) is 11.8 Å². The van der Waals surface area contributed by atoms with E-state index < -0.39 is 26.2 Å². The van der Waals surface area contributed by atoms with Crippen molar-refractivity contribution in [2.45, 2.75) is 36.2 Å². The minimum Gasteiger partial charge on any atom is -0.351 e. The lowest BCUT2D eigenvalue weighted by Gasteiger charge is -2.19. The van der Waals surface area contributed by atoms with Gasteiger partial charge >= 0.3 is 0 Å². The molecule has 8 heteroatoms. The third-order valence-electron chi connectivity index (χ3n) is 2.93. The number of alkyl halides is 2. The van der Waals surface area contributed by atoms with Crippen molar-refractivity contribution >= 4 is 27.5 Å². The molecule has 0 spiro atoms. The fourth-order valence-electron chi connectivity index (χ4n) is 1.49. The average molecular weight is 351 g/mol. The van der Waals surface area contributed by atoms with E-state index in [4.69, 9.17) is 0 Å². The fraction of sp³-hybridized carbons (Fsp3) is 0.500. The number of thioether (sulfide) groups is 1. The molecule has 0 saturated carbocycles. The van der Waals surface area contributed by atoms with Crippen LogP contribution in [0.25, 0.3) is 0 Å². The topological polar surface area (TPSA) is 63.2 Å². The maximum absolute atomic E-state index is 12.2. The number of halogens is 2. The zero-order valence-corrected chi connectivity index (χ0v) is 14.2. The highest BCUT2D eigenvalue weighted by molar-refractivity contribution is 7.99. The Bertz CT molecular complexity index is 608. The molecule has 1 rings (SSSR count). The van der Waals surface area contributed by atoms with Gasteiger partial charge in [-0.25, -0.2) is 8.42 Å². The lowest BCUT2D eigenvalue weighted by Crippen LogP contribution is -2.36. The Morgan fingerprint density at radius 3 is 2.23 bits per heavy atom. The maximum Gasteiger partial charge on any atom is 0.288 e. The second kappa shape index (κ2) is 7.41. The number of amides is 1. The molecule has 0 radical (unpaired) electrons. The van der Waals surface area contributed by atoms with Crippen molar-refractivity contribution in [3.05, 3.63) is 29.8 Å². The average Bonchev–Trinajstić information content (AvgIpc) is 2.37. The maximum atomic E-state index is 12.2. The van der Waals surface area contributed by atoms with Crippen molar-refractivity contribution in [3.63, 3.8) is 0 Å². The number of hydrogen-bond donors (Lipinski definition) is 1. The summed E-state index contributed by atoms with van der Waals surface area (Å²) in [5.41, 5.74) is 0.298. The van der Waals surface area contributed by atoms with Gasteiger partial charge in [0, 0.05) is 17.0 Å². The third kappa shape index (κ3) is 5.57. The Hall–Kier alpha value is -1.15. The Labute approximate surface area is 133 Å². The van der Waals surface area contributed by atoms with Crippen LogP contribution in [0.4, 0.5) is 8.78 Å². The first-order valence-electron chi connectivity index (χ1n) is 6.58. The monoisotopic (exact) mass is 351 g/mol. The summed E-state index contributed by atoms with van der Waals surface area (Å²) in [5, 5.41) is 2.51. The minimum atomic E-state index is -3.30. The lowest BCUT2D eigenvalue weighted by molar-refractivity contribution is 0.0956. The molecule has 22 heavy (non-hydrogen) atoms. The zero-order chi connectivity index (χ0) is 17.0. The van der Waals surface area contributed by atoms with Crippen LogP contribution >= 0.6 is 11.8 Å². The first-order chi connectivity index (χ1) is 10.0. The molecule has 0 atom stereocenters. The molecule has 0 aliphatic rings. The van der Waals surface area contributed by atoms with Crippen LogP contribution in [0.2, 0.25) is 0 Å². The van der Waals surface area contributed by atoms with E-state index in [2.05, 4.69) is 5.32 Å². The van der Waals surface area contributed by atoms with E-state index in [1.165, 1.54) is 24.3 Å². The number of rotatable bonds is 6. The number of carbonyl (C=O) groups is 1. The number of hydrogen-bond acceptors (Lipinski definition) is 4. The second-order valence-electron chi connectivity index (χ2n) is 5.59. The van der Waals surface area contributed by atoms with Crippen molar-refractivity contribution in [1.29, 1.82) is 0 Å². The Kier molecular flexibility index (Phi) is 6.37. The molecular weight excluding hydrogens is 332 g/mol. The van der Waals surface area contributed by atoms with E-state index in [0.717, 1.165) is 0 Å². The van der Waals surface area contributed by atoms with Gasteiger partial charge in [0.15, 0.2) is 9.84 Å². The molecule has 1 amide bonds. The van der Waals surface area contributed by atoms with Crippen LogP contribution in [0.1, 0.15) is 31.1 Å². The van der Waals surface area contributed by atoms with E-state index in [0.29, 0.717) is 22.2 Å². The molecule has 1 aromatic carbocycles. The molecule has 0 aromatic heterocycles. The molecule has 1 aromatic rings. The van der Waals surface area contributed by atoms with E-state index >= 15 is 0 Å². The summed E-state index contributed by atoms with van der Waals surface area (Å²) in [6.45, 7) is 4.81. The van der Waals surface area contributed by atoms with Crippen LogP contribution in [-0.2, 0) is 9.84 Å². The summed E-state index contributed by atoms with van der Waals surface area (Å²) < 4.78 is 47.3. The Morgan fingerprint density at radius 2 is 1.77 bits per heavy atom. The van der Waals surface area contributed by atoms with Gasteiger partial charge in [0.25, 0.3) is 11.7 Å². The third-order valence-corrected chi connectivity index (χ3v) is 6.26. The standard InChI is InChI=1S/C14H19F2NO3S2/c1-14(2,3)22(19,20)9-8-17-12(18)10-4-6-11(7-5-10)21-13(15)16/h4-7,13H,8-9H2,1-3H3,(H,17,18). The number of carbonyl (C=O) groups excluding carboxylic acids is 1. The summed E-state index contributed by atoms with van der Waals surface area (Å²) >= 11 is 0.398. The Morgan fingerprint density at radius 1 is 1.23 bits per heavy atom. The van der Waals surface area contributed by atoms with Gasteiger partial charge in [0.1, 0.15) is 0 Å².